The van der Waals surface area contributed by atoms with Crippen molar-refractivity contribution in [2.75, 3.05) is 6.54 Å². The predicted octanol–water partition coefficient (Wildman–Crippen LogP) is 4.51. The monoisotopic (exact) mass is 257 g/mol. The highest BCUT2D eigenvalue weighted by molar-refractivity contribution is 5.70. The van der Waals surface area contributed by atoms with E-state index in [0.29, 0.717) is 0 Å². The lowest BCUT2D eigenvalue weighted by Crippen LogP contribution is -2.37. The second kappa shape index (κ2) is 7.69. The van der Waals surface area contributed by atoms with Gasteiger partial charge in [-0.05, 0) is 19.4 Å². The van der Waals surface area contributed by atoms with Crippen molar-refractivity contribution in [3.8, 4) is 12.8 Å². The fourth-order valence-electron chi connectivity index (χ4n) is 2.22. The molecule has 0 fully saturated rings. The second-order valence-electron chi connectivity index (χ2n) is 4.99. The van der Waals surface area contributed by atoms with Crippen molar-refractivity contribution in [1.29, 1.82) is 0 Å². The van der Waals surface area contributed by atoms with Crippen LogP contribution in [-0.4, -0.2) is 6.54 Å². The Morgan fingerprint density at radius 1 is 1.21 bits per heavy atom. The van der Waals surface area contributed by atoms with Gasteiger partial charge in [-0.2, -0.15) is 0 Å². The molecule has 0 aliphatic carbocycles. The van der Waals surface area contributed by atoms with Gasteiger partial charge in [0.2, 0.25) is 0 Å². The second-order valence-corrected chi connectivity index (χ2v) is 4.99. The van der Waals surface area contributed by atoms with E-state index in [1.165, 1.54) is 22.4 Å². The van der Waals surface area contributed by atoms with E-state index in [2.05, 4.69) is 70.1 Å². The van der Waals surface area contributed by atoms with E-state index >= 15 is 0 Å². The van der Waals surface area contributed by atoms with Gasteiger partial charge in [0.05, 0.1) is 0 Å². The van der Waals surface area contributed by atoms with Crippen LogP contribution in [0.5, 0.6) is 0 Å². The van der Waals surface area contributed by atoms with E-state index < -0.39 is 0 Å². The number of fused-ring (bicyclic) bond motifs is 1. The SMILES string of the molecule is C#C.C/C=C1/NCC(C)(C)c2cc(C)ccc21.CC. The molecule has 0 atom stereocenters. The number of terminal acetylenes is 1. The molecule has 0 unspecified atom stereocenters. The molecule has 1 nitrogen and oxygen atoms in total. The van der Waals surface area contributed by atoms with Crippen LogP contribution in [0.25, 0.3) is 5.70 Å². The first-order valence-electron chi connectivity index (χ1n) is 6.89. The van der Waals surface area contributed by atoms with Crippen LogP contribution in [0.2, 0.25) is 0 Å². The molecule has 104 valence electrons. The maximum Gasteiger partial charge on any atom is 0.0373 e. The summed E-state index contributed by atoms with van der Waals surface area (Å²) in [6.45, 7) is 13.9. The van der Waals surface area contributed by atoms with E-state index in [-0.39, 0.29) is 5.41 Å². The van der Waals surface area contributed by atoms with Gasteiger partial charge in [-0.25, -0.2) is 0 Å². The van der Waals surface area contributed by atoms with Crippen molar-refractivity contribution in [2.45, 2.75) is 47.0 Å². The van der Waals surface area contributed by atoms with Crippen LogP contribution in [0.1, 0.15) is 51.3 Å². The first-order valence-corrected chi connectivity index (χ1v) is 6.89. The third-order valence-electron chi connectivity index (χ3n) is 3.20. The predicted molar refractivity (Wildman–Crippen MR) is 87.1 cm³/mol. The van der Waals surface area contributed by atoms with Crippen LogP contribution in [-0.2, 0) is 5.41 Å². The number of nitrogens with one attached hydrogen (secondary N) is 1. The molecular formula is C18H27N. The molecule has 1 aromatic carbocycles. The Morgan fingerprint density at radius 2 is 1.79 bits per heavy atom. The molecule has 1 aliphatic heterocycles. The molecule has 0 radical (unpaired) electrons. The van der Waals surface area contributed by atoms with Crippen LogP contribution in [0.4, 0.5) is 0 Å². The van der Waals surface area contributed by atoms with Gasteiger partial charge in [0.1, 0.15) is 0 Å². The van der Waals surface area contributed by atoms with E-state index in [1.54, 1.807) is 0 Å². The van der Waals surface area contributed by atoms with Crippen LogP contribution in [0, 0.1) is 19.8 Å². The third kappa shape index (κ3) is 3.89. The summed E-state index contributed by atoms with van der Waals surface area (Å²) in [5.41, 5.74) is 5.67. The standard InChI is InChI=1S/C14H19N.C2H6.C2H2/c1-5-13-11-7-6-10(2)8-12(11)14(3,4)9-15-13;2*1-2/h5-8,15H,9H2,1-4H3;1-2H3;1-2H/b13-5+;;. The van der Waals surface area contributed by atoms with Gasteiger partial charge in [-0.1, -0.05) is 57.5 Å². The van der Waals surface area contributed by atoms with Gasteiger partial charge >= 0.3 is 0 Å². The molecule has 0 amide bonds. The lowest BCUT2D eigenvalue weighted by atomic mass is 9.77. The number of allylic oxidation sites excluding steroid dienone is 1. The minimum atomic E-state index is 0.230. The average molecular weight is 257 g/mol. The number of hydrogen-bond acceptors (Lipinski definition) is 1. The number of hydrogen-bond donors (Lipinski definition) is 1. The topological polar surface area (TPSA) is 12.0 Å². The van der Waals surface area contributed by atoms with Crippen molar-refractivity contribution >= 4 is 5.70 Å². The fourth-order valence-corrected chi connectivity index (χ4v) is 2.22. The molecule has 0 saturated heterocycles. The highest BCUT2D eigenvalue weighted by atomic mass is 14.9. The van der Waals surface area contributed by atoms with Gasteiger partial charge in [-0.3, -0.25) is 0 Å². The molecule has 1 heteroatoms. The van der Waals surface area contributed by atoms with Gasteiger partial charge < -0.3 is 5.32 Å². The molecule has 0 aromatic heterocycles. The number of aryl methyl sites for hydroxylation is 1. The summed E-state index contributed by atoms with van der Waals surface area (Å²) in [4.78, 5) is 0. The maximum absolute atomic E-state index is 4.00. The van der Waals surface area contributed by atoms with Gasteiger partial charge in [0.25, 0.3) is 0 Å². The first kappa shape index (κ1) is 17.3. The molecule has 2 rings (SSSR count). The van der Waals surface area contributed by atoms with Gasteiger partial charge in [0, 0.05) is 23.2 Å². The molecule has 1 N–H and O–H groups in total. The minimum absolute atomic E-state index is 0.230. The first-order chi connectivity index (χ1) is 9.04. The normalized spacial score (nSPS) is 16.9. The van der Waals surface area contributed by atoms with Crippen LogP contribution in [0.3, 0.4) is 0 Å². The molecule has 1 aliphatic rings. The molecule has 0 spiro atoms. The highest BCUT2D eigenvalue weighted by Crippen LogP contribution is 2.34. The Kier molecular flexibility index (Phi) is 7.01. The largest absolute Gasteiger partial charge is 0.384 e. The molecule has 19 heavy (non-hydrogen) atoms. The Labute approximate surface area is 119 Å². The van der Waals surface area contributed by atoms with Crippen molar-refractivity contribution in [3.63, 3.8) is 0 Å². The highest BCUT2D eigenvalue weighted by Gasteiger charge is 2.28. The Morgan fingerprint density at radius 3 is 2.32 bits per heavy atom. The summed E-state index contributed by atoms with van der Waals surface area (Å²) < 4.78 is 0. The summed E-state index contributed by atoms with van der Waals surface area (Å²) in [5, 5.41) is 3.50. The van der Waals surface area contributed by atoms with E-state index in [1.807, 2.05) is 13.8 Å². The van der Waals surface area contributed by atoms with Crippen LogP contribution < -0.4 is 5.32 Å². The Balaban J connectivity index is 0.000000741. The summed E-state index contributed by atoms with van der Waals surface area (Å²) in [6, 6.07) is 6.74. The Bertz CT molecular complexity index is 450. The number of benzene rings is 1. The zero-order valence-corrected chi connectivity index (χ0v) is 13.2. The van der Waals surface area contributed by atoms with Gasteiger partial charge in [0.15, 0.2) is 0 Å². The average Bonchev–Trinajstić information content (AvgIpc) is 2.44. The number of rotatable bonds is 0. The summed E-state index contributed by atoms with van der Waals surface area (Å²) in [7, 11) is 0. The lowest BCUT2D eigenvalue weighted by Gasteiger charge is -2.35. The fraction of sp³-hybridized carbons (Fsp3) is 0.444. The van der Waals surface area contributed by atoms with Crippen LogP contribution in [0.15, 0.2) is 24.3 Å². The zero-order chi connectivity index (χ0) is 15.1. The van der Waals surface area contributed by atoms with E-state index in [4.69, 9.17) is 0 Å². The quantitative estimate of drug-likeness (QED) is 0.674. The maximum atomic E-state index is 4.00. The smallest absolute Gasteiger partial charge is 0.0373 e. The van der Waals surface area contributed by atoms with Crippen LogP contribution >= 0.6 is 0 Å². The molecule has 0 bridgehead atoms. The van der Waals surface area contributed by atoms with E-state index in [0.717, 1.165) is 6.54 Å². The molecule has 1 heterocycles. The molecular weight excluding hydrogens is 230 g/mol. The lowest BCUT2D eigenvalue weighted by molar-refractivity contribution is 0.492. The summed E-state index contributed by atoms with van der Waals surface area (Å²) in [6.07, 6.45) is 10.2. The molecule has 0 saturated carbocycles. The zero-order valence-electron chi connectivity index (χ0n) is 13.2. The Hall–Kier alpha value is -1.68. The van der Waals surface area contributed by atoms with Crippen molar-refractivity contribution < 1.29 is 0 Å². The minimum Gasteiger partial charge on any atom is -0.384 e. The van der Waals surface area contributed by atoms with Crippen molar-refractivity contribution in [2.24, 2.45) is 0 Å². The summed E-state index contributed by atoms with van der Waals surface area (Å²) in [5.74, 6) is 0. The van der Waals surface area contributed by atoms with E-state index in [9.17, 15) is 0 Å². The van der Waals surface area contributed by atoms with Crippen molar-refractivity contribution in [3.05, 3.63) is 41.0 Å². The summed E-state index contributed by atoms with van der Waals surface area (Å²) >= 11 is 0. The third-order valence-corrected chi connectivity index (χ3v) is 3.20. The molecule has 1 aromatic rings. The van der Waals surface area contributed by atoms with Gasteiger partial charge in [-0.15, -0.1) is 12.8 Å². The van der Waals surface area contributed by atoms with Crippen molar-refractivity contribution in [1.82, 2.24) is 5.32 Å².